The standard InChI is InChI=1S/C13H16N8OS2/c1-6(2)12-16-17-13(23-12)14-11(22)10-8(4)21(20-15-10)5-9-7(3)18-24-19-9/h6H,5H2,1-4H3,(H,14,17,22). The van der Waals surface area contributed by atoms with Crippen molar-refractivity contribution in [3.05, 3.63) is 27.8 Å². The van der Waals surface area contributed by atoms with E-state index in [0.29, 0.717) is 17.4 Å². The van der Waals surface area contributed by atoms with Gasteiger partial charge in [0.05, 0.1) is 35.4 Å². The Morgan fingerprint density at radius 1 is 1.21 bits per heavy atom. The molecule has 0 fully saturated rings. The minimum atomic E-state index is -0.349. The highest BCUT2D eigenvalue weighted by atomic mass is 32.1. The molecule has 0 aliphatic rings. The number of aryl methyl sites for hydroxylation is 1. The van der Waals surface area contributed by atoms with Crippen molar-refractivity contribution in [2.75, 3.05) is 5.32 Å². The first-order valence-electron chi connectivity index (χ1n) is 7.28. The molecule has 126 valence electrons. The molecule has 0 radical (unpaired) electrons. The summed E-state index contributed by atoms with van der Waals surface area (Å²) < 4.78 is 9.99. The molecular formula is C13H16N8OS2. The van der Waals surface area contributed by atoms with E-state index in [2.05, 4.69) is 34.6 Å². The Hall–Kier alpha value is -2.27. The highest BCUT2D eigenvalue weighted by Crippen LogP contribution is 2.23. The lowest BCUT2D eigenvalue weighted by atomic mass is 10.2. The Morgan fingerprint density at radius 3 is 2.62 bits per heavy atom. The van der Waals surface area contributed by atoms with E-state index in [0.717, 1.165) is 28.1 Å². The second kappa shape index (κ2) is 6.69. The monoisotopic (exact) mass is 364 g/mol. The van der Waals surface area contributed by atoms with Crippen LogP contribution in [0.3, 0.4) is 0 Å². The lowest BCUT2D eigenvalue weighted by molar-refractivity contribution is 0.102. The molecule has 9 nitrogen and oxygen atoms in total. The Morgan fingerprint density at radius 2 is 2.00 bits per heavy atom. The third-order valence-corrected chi connectivity index (χ3v) is 5.20. The number of hydrogen-bond donors (Lipinski definition) is 1. The number of hydrogen-bond acceptors (Lipinski definition) is 9. The van der Waals surface area contributed by atoms with Gasteiger partial charge in [-0.05, 0) is 13.8 Å². The van der Waals surface area contributed by atoms with Crippen LogP contribution in [0.4, 0.5) is 5.13 Å². The van der Waals surface area contributed by atoms with Gasteiger partial charge in [-0.2, -0.15) is 8.75 Å². The van der Waals surface area contributed by atoms with E-state index in [9.17, 15) is 4.79 Å². The summed E-state index contributed by atoms with van der Waals surface area (Å²) in [5.74, 6) is -0.0796. The van der Waals surface area contributed by atoms with E-state index in [4.69, 9.17) is 0 Å². The van der Waals surface area contributed by atoms with Gasteiger partial charge in [-0.1, -0.05) is 30.4 Å². The van der Waals surface area contributed by atoms with Crippen LogP contribution in [-0.2, 0) is 6.54 Å². The first-order chi connectivity index (χ1) is 11.5. The first-order valence-corrected chi connectivity index (χ1v) is 8.83. The number of rotatable bonds is 5. The van der Waals surface area contributed by atoms with Crippen LogP contribution in [0.15, 0.2) is 0 Å². The molecule has 3 aromatic heterocycles. The Balaban J connectivity index is 1.74. The van der Waals surface area contributed by atoms with Crippen molar-refractivity contribution >= 4 is 34.1 Å². The Labute approximate surface area is 146 Å². The van der Waals surface area contributed by atoms with Gasteiger partial charge in [0, 0.05) is 5.92 Å². The summed E-state index contributed by atoms with van der Waals surface area (Å²) in [5.41, 5.74) is 2.60. The van der Waals surface area contributed by atoms with Crippen LogP contribution in [-0.4, -0.2) is 39.8 Å². The van der Waals surface area contributed by atoms with Crippen LogP contribution in [0, 0.1) is 13.8 Å². The summed E-state index contributed by atoms with van der Waals surface area (Å²) in [7, 11) is 0. The van der Waals surface area contributed by atoms with E-state index in [1.807, 2.05) is 20.8 Å². The average Bonchev–Trinajstić information content (AvgIpc) is 3.23. The Bertz CT molecular complexity index is 865. The van der Waals surface area contributed by atoms with Crippen LogP contribution in [0.1, 0.15) is 52.3 Å². The molecule has 0 aliphatic heterocycles. The van der Waals surface area contributed by atoms with Crippen LogP contribution in [0.25, 0.3) is 0 Å². The second-order valence-corrected chi connectivity index (χ2v) is 7.07. The van der Waals surface area contributed by atoms with Gasteiger partial charge < -0.3 is 0 Å². The second-order valence-electron chi connectivity index (χ2n) is 5.53. The van der Waals surface area contributed by atoms with Crippen molar-refractivity contribution in [2.45, 2.75) is 40.2 Å². The molecule has 3 aromatic rings. The zero-order valence-corrected chi connectivity index (χ0v) is 15.3. The predicted molar refractivity (Wildman–Crippen MR) is 90.5 cm³/mol. The zero-order valence-electron chi connectivity index (χ0n) is 13.6. The molecule has 0 atom stereocenters. The molecule has 0 saturated heterocycles. The first kappa shape index (κ1) is 16.6. The molecule has 0 saturated carbocycles. The van der Waals surface area contributed by atoms with Crippen molar-refractivity contribution in [1.29, 1.82) is 0 Å². The van der Waals surface area contributed by atoms with E-state index >= 15 is 0 Å². The highest BCUT2D eigenvalue weighted by molar-refractivity contribution is 7.15. The lowest BCUT2D eigenvalue weighted by Crippen LogP contribution is -2.14. The van der Waals surface area contributed by atoms with Crippen molar-refractivity contribution < 1.29 is 4.79 Å². The van der Waals surface area contributed by atoms with Gasteiger partial charge in [0.2, 0.25) is 5.13 Å². The van der Waals surface area contributed by atoms with Crippen LogP contribution >= 0.6 is 23.1 Å². The summed E-state index contributed by atoms with van der Waals surface area (Å²) in [6.07, 6.45) is 0. The summed E-state index contributed by atoms with van der Waals surface area (Å²) in [6.45, 7) is 8.17. The lowest BCUT2D eigenvalue weighted by Gasteiger charge is -2.02. The van der Waals surface area contributed by atoms with Gasteiger partial charge in [0.25, 0.3) is 5.91 Å². The smallest absolute Gasteiger partial charge is 0.279 e. The van der Waals surface area contributed by atoms with E-state index < -0.39 is 0 Å². The van der Waals surface area contributed by atoms with Gasteiger partial charge >= 0.3 is 0 Å². The van der Waals surface area contributed by atoms with Gasteiger partial charge in [0.15, 0.2) is 5.69 Å². The molecule has 0 bridgehead atoms. The molecule has 0 aliphatic carbocycles. The topological polar surface area (TPSA) is 111 Å². The number of anilines is 1. The summed E-state index contributed by atoms with van der Waals surface area (Å²) >= 11 is 2.51. The third-order valence-electron chi connectivity index (χ3n) is 3.40. The third kappa shape index (κ3) is 3.31. The number of nitrogens with zero attached hydrogens (tertiary/aromatic N) is 7. The average molecular weight is 364 g/mol. The van der Waals surface area contributed by atoms with Gasteiger partial charge in [0.1, 0.15) is 5.01 Å². The van der Waals surface area contributed by atoms with E-state index in [-0.39, 0.29) is 17.5 Å². The van der Waals surface area contributed by atoms with Crippen molar-refractivity contribution in [3.63, 3.8) is 0 Å². The molecule has 11 heteroatoms. The quantitative estimate of drug-likeness (QED) is 0.737. The minimum Gasteiger partial charge on any atom is -0.295 e. The van der Waals surface area contributed by atoms with Gasteiger partial charge in [-0.25, -0.2) is 4.68 Å². The van der Waals surface area contributed by atoms with Crippen molar-refractivity contribution in [3.8, 4) is 0 Å². The van der Waals surface area contributed by atoms with Gasteiger partial charge in [-0.15, -0.1) is 15.3 Å². The van der Waals surface area contributed by atoms with Crippen LogP contribution in [0.5, 0.6) is 0 Å². The summed E-state index contributed by atoms with van der Waals surface area (Å²) in [6, 6.07) is 0. The van der Waals surface area contributed by atoms with E-state index in [1.165, 1.54) is 11.3 Å². The van der Waals surface area contributed by atoms with Crippen molar-refractivity contribution in [2.24, 2.45) is 0 Å². The summed E-state index contributed by atoms with van der Waals surface area (Å²) in [5, 5.41) is 20.1. The van der Waals surface area contributed by atoms with Crippen LogP contribution in [0.2, 0.25) is 0 Å². The number of nitrogens with one attached hydrogen (secondary N) is 1. The molecule has 24 heavy (non-hydrogen) atoms. The largest absolute Gasteiger partial charge is 0.295 e. The maximum Gasteiger partial charge on any atom is 0.279 e. The number of carbonyl (C=O) groups excluding carboxylic acids is 1. The maximum atomic E-state index is 12.4. The Kier molecular flexibility index (Phi) is 4.62. The minimum absolute atomic E-state index is 0.261. The fourth-order valence-electron chi connectivity index (χ4n) is 1.93. The molecular weight excluding hydrogens is 348 g/mol. The molecule has 0 unspecified atom stereocenters. The molecule has 1 amide bonds. The molecule has 3 heterocycles. The normalized spacial score (nSPS) is 11.2. The zero-order chi connectivity index (χ0) is 17.3. The predicted octanol–water partition coefficient (Wildman–Crippen LogP) is 2.02. The SMILES string of the molecule is Cc1nsnc1Cn1nnc(C(=O)Nc2nnc(C(C)C)s2)c1C. The van der Waals surface area contributed by atoms with E-state index in [1.54, 1.807) is 11.6 Å². The highest BCUT2D eigenvalue weighted by Gasteiger charge is 2.19. The molecule has 0 aromatic carbocycles. The molecule has 0 spiro atoms. The molecule has 1 N–H and O–H groups in total. The fourth-order valence-corrected chi connectivity index (χ4v) is 3.23. The maximum absolute atomic E-state index is 12.4. The van der Waals surface area contributed by atoms with Gasteiger partial charge in [-0.3, -0.25) is 10.1 Å². The number of amides is 1. The van der Waals surface area contributed by atoms with Crippen molar-refractivity contribution in [1.82, 2.24) is 33.9 Å². The number of aromatic nitrogens is 7. The molecule has 3 rings (SSSR count). The fraction of sp³-hybridized carbons (Fsp3) is 0.462. The summed E-state index contributed by atoms with van der Waals surface area (Å²) in [4.78, 5) is 12.4. The number of carbonyl (C=O) groups is 1. The van der Waals surface area contributed by atoms with Crippen LogP contribution < -0.4 is 5.32 Å².